The number of likely N-dealkylation sites (N-methyl/N-ethyl adjacent to an activating group) is 1. The number of hydrogen-bond donors (Lipinski definition) is 1. The molecule has 102 valence electrons. The second-order valence-electron chi connectivity index (χ2n) is 4.23. The third-order valence-corrected chi connectivity index (χ3v) is 2.66. The molecule has 0 aliphatic rings. The molecule has 0 unspecified atom stereocenters. The average Bonchev–Trinajstić information content (AvgIpc) is 2.43. The molecule has 1 N–H and O–H groups in total. The maximum absolute atomic E-state index is 11.8. The lowest BCUT2D eigenvalue weighted by Gasteiger charge is -2.17. The molecule has 0 bridgehead atoms. The first-order valence-corrected chi connectivity index (χ1v) is 6.10. The van der Waals surface area contributed by atoms with Crippen molar-refractivity contribution in [1.29, 1.82) is 5.26 Å². The second-order valence-corrected chi connectivity index (χ2v) is 4.23. The van der Waals surface area contributed by atoms with Crippen LogP contribution in [0, 0.1) is 11.3 Å². The zero-order valence-corrected chi connectivity index (χ0v) is 11.3. The summed E-state index contributed by atoms with van der Waals surface area (Å²) in [6.07, 6.45) is 0. The minimum atomic E-state index is 0.0125. The number of benzene rings is 1. The minimum Gasteiger partial charge on any atom is -0.383 e. The van der Waals surface area contributed by atoms with Crippen molar-refractivity contribution in [3.05, 3.63) is 35.4 Å². The molecule has 0 heterocycles. The highest BCUT2D eigenvalue weighted by Gasteiger charge is 2.08. The van der Waals surface area contributed by atoms with Crippen LogP contribution in [0.1, 0.15) is 11.1 Å². The van der Waals surface area contributed by atoms with Crippen LogP contribution in [0.4, 0.5) is 0 Å². The van der Waals surface area contributed by atoms with Crippen molar-refractivity contribution in [3.8, 4) is 6.07 Å². The Kier molecular flexibility index (Phi) is 6.58. The molecule has 0 aliphatic heterocycles. The number of amides is 1. The molecule has 1 aromatic carbocycles. The highest BCUT2D eigenvalue weighted by atomic mass is 16.5. The van der Waals surface area contributed by atoms with Gasteiger partial charge in [0.2, 0.25) is 5.91 Å². The van der Waals surface area contributed by atoms with E-state index in [2.05, 4.69) is 11.4 Å². The lowest BCUT2D eigenvalue weighted by Crippen LogP contribution is -2.36. The van der Waals surface area contributed by atoms with Crippen LogP contribution in [0.3, 0.4) is 0 Å². The lowest BCUT2D eigenvalue weighted by molar-refractivity contribution is -0.129. The van der Waals surface area contributed by atoms with Crippen molar-refractivity contribution in [1.82, 2.24) is 10.2 Å². The molecule has 5 nitrogen and oxygen atoms in total. The van der Waals surface area contributed by atoms with Crippen molar-refractivity contribution in [2.75, 3.05) is 33.9 Å². The summed E-state index contributed by atoms with van der Waals surface area (Å²) in [4.78, 5) is 13.5. The van der Waals surface area contributed by atoms with Gasteiger partial charge in [0.25, 0.3) is 0 Å². The molecule has 1 rings (SSSR count). The third kappa shape index (κ3) is 5.51. The van der Waals surface area contributed by atoms with Crippen molar-refractivity contribution >= 4 is 5.91 Å². The molecule has 0 spiro atoms. The molecule has 0 saturated carbocycles. The molecular formula is C14H19N3O2. The van der Waals surface area contributed by atoms with Gasteiger partial charge in [-0.2, -0.15) is 5.26 Å². The Labute approximate surface area is 113 Å². The number of hydrogen-bond acceptors (Lipinski definition) is 4. The smallest absolute Gasteiger partial charge is 0.236 e. The lowest BCUT2D eigenvalue weighted by atomic mass is 10.1. The molecule has 0 fully saturated rings. The highest BCUT2D eigenvalue weighted by Crippen LogP contribution is 2.06. The van der Waals surface area contributed by atoms with Gasteiger partial charge in [0, 0.05) is 27.2 Å². The van der Waals surface area contributed by atoms with Gasteiger partial charge in [0.15, 0.2) is 0 Å². The van der Waals surface area contributed by atoms with E-state index >= 15 is 0 Å². The van der Waals surface area contributed by atoms with Crippen LogP contribution >= 0.6 is 0 Å². The van der Waals surface area contributed by atoms with E-state index < -0.39 is 0 Å². The van der Waals surface area contributed by atoms with Crippen LogP contribution < -0.4 is 5.32 Å². The quantitative estimate of drug-likeness (QED) is 0.736. The Balaban J connectivity index is 2.43. The number of nitriles is 1. The normalized spacial score (nSPS) is 9.95. The first-order chi connectivity index (χ1) is 9.17. The number of methoxy groups -OCH3 is 1. The molecule has 0 aliphatic carbocycles. The van der Waals surface area contributed by atoms with Crippen LogP contribution in [0.5, 0.6) is 0 Å². The van der Waals surface area contributed by atoms with E-state index in [1.807, 2.05) is 12.1 Å². The average molecular weight is 261 g/mol. The summed E-state index contributed by atoms with van der Waals surface area (Å²) in [5.74, 6) is 0.0125. The Morgan fingerprint density at radius 1 is 1.53 bits per heavy atom. The fraction of sp³-hybridized carbons (Fsp3) is 0.429. The summed E-state index contributed by atoms with van der Waals surface area (Å²) in [7, 11) is 3.37. The maximum Gasteiger partial charge on any atom is 0.236 e. The molecule has 0 aromatic heterocycles. The zero-order chi connectivity index (χ0) is 14.1. The Morgan fingerprint density at radius 3 is 3.00 bits per heavy atom. The Hall–Kier alpha value is -1.90. The Morgan fingerprint density at radius 2 is 2.32 bits per heavy atom. The molecule has 1 aromatic rings. The van der Waals surface area contributed by atoms with Crippen molar-refractivity contribution < 1.29 is 9.53 Å². The Bertz CT molecular complexity index is 454. The molecule has 0 saturated heterocycles. The summed E-state index contributed by atoms with van der Waals surface area (Å²) in [5, 5.41) is 11.8. The largest absolute Gasteiger partial charge is 0.383 e. The van der Waals surface area contributed by atoms with Crippen LogP contribution in [0.15, 0.2) is 24.3 Å². The van der Waals surface area contributed by atoms with Crippen LogP contribution in [-0.4, -0.2) is 44.7 Å². The zero-order valence-electron chi connectivity index (χ0n) is 11.3. The topological polar surface area (TPSA) is 65.4 Å². The number of ether oxygens (including phenoxy) is 1. The number of carbonyl (C=O) groups is 1. The minimum absolute atomic E-state index is 0.0125. The molecular weight excluding hydrogens is 242 g/mol. The van der Waals surface area contributed by atoms with Gasteiger partial charge in [-0.3, -0.25) is 4.79 Å². The molecule has 19 heavy (non-hydrogen) atoms. The van der Waals surface area contributed by atoms with E-state index in [4.69, 9.17) is 10.00 Å². The van der Waals surface area contributed by atoms with Gasteiger partial charge in [0.05, 0.1) is 24.8 Å². The maximum atomic E-state index is 11.8. The highest BCUT2D eigenvalue weighted by molar-refractivity contribution is 5.77. The second kappa shape index (κ2) is 8.25. The number of rotatable bonds is 7. The fourth-order valence-electron chi connectivity index (χ4n) is 1.61. The van der Waals surface area contributed by atoms with Crippen molar-refractivity contribution in [2.45, 2.75) is 6.54 Å². The molecule has 1 amide bonds. The fourth-order valence-corrected chi connectivity index (χ4v) is 1.61. The molecule has 5 heteroatoms. The van der Waals surface area contributed by atoms with Gasteiger partial charge in [-0.1, -0.05) is 12.1 Å². The monoisotopic (exact) mass is 261 g/mol. The van der Waals surface area contributed by atoms with Crippen LogP contribution in [-0.2, 0) is 16.1 Å². The van der Waals surface area contributed by atoms with Gasteiger partial charge >= 0.3 is 0 Å². The van der Waals surface area contributed by atoms with E-state index in [1.54, 1.807) is 31.2 Å². The summed E-state index contributed by atoms with van der Waals surface area (Å²) in [6, 6.07) is 9.36. The molecule has 0 atom stereocenters. The SMILES string of the molecule is COCCNCC(=O)N(C)Cc1cccc(C#N)c1. The summed E-state index contributed by atoms with van der Waals surface area (Å²) in [5.41, 5.74) is 1.56. The summed E-state index contributed by atoms with van der Waals surface area (Å²) in [6.45, 7) is 2.03. The first kappa shape index (κ1) is 15.2. The van der Waals surface area contributed by atoms with E-state index in [-0.39, 0.29) is 12.5 Å². The summed E-state index contributed by atoms with van der Waals surface area (Å²) < 4.78 is 4.89. The van der Waals surface area contributed by atoms with Gasteiger partial charge in [-0.15, -0.1) is 0 Å². The third-order valence-electron chi connectivity index (χ3n) is 2.66. The number of nitrogens with zero attached hydrogens (tertiary/aromatic N) is 2. The van der Waals surface area contributed by atoms with E-state index in [0.717, 1.165) is 5.56 Å². The summed E-state index contributed by atoms with van der Waals surface area (Å²) >= 11 is 0. The van der Waals surface area contributed by atoms with Gasteiger partial charge in [-0.05, 0) is 17.7 Å². The van der Waals surface area contributed by atoms with Crippen LogP contribution in [0.2, 0.25) is 0 Å². The van der Waals surface area contributed by atoms with Crippen molar-refractivity contribution in [2.24, 2.45) is 0 Å². The van der Waals surface area contributed by atoms with Gasteiger partial charge in [-0.25, -0.2) is 0 Å². The molecule has 0 radical (unpaired) electrons. The van der Waals surface area contributed by atoms with Gasteiger partial charge < -0.3 is 15.0 Å². The van der Waals surface area contributed by atoms with Crippen LogP contribution in [0.25, 0.3) is 0 Å². The first-order valence-electron chi connectivity index (χ1n) is 6.10. The van der Waals surface area contributed by atoms with E-state index in [0.29, 0.717) is 25.3 Å². The van der Waals surface area contributed by atoms with Crippen molar-refractivity contribution in [3.63, 3.8) is 0 Å². The van der Waals surface area contributed by atoms with Gasteiger partial charge in [0.1, 0.15) is 0 Å². The number of carbonyl (C=O) groups excluding carboxylic acids is 1. The van der Waals surface area contributed by atoms with E-state index in [1.165, 1.54) is 0 Å². The standard InChI is InChI=1S/C14H19N3O2/c1-17(14(18)10-16-6-7-19-2)11-13-5-3-4-12(8-13)9-15/h3-5,8,16H,6-7,10-11H2,1-2H3. The number of nitrogens with one attached hydrogen (secondary N) is 1. The predicted octanol–water partition coefficient (Wildman–Crippen LogP) is 0.753. The van der Waals surface area contributed by atoms with E-state index in [9.17, 15) is 4.79 Å². The predicted molar refractivity (Wildman–Crippen MR) is 72.4 cm³/mol.